The quantitative estimate of drug-likeness (QED) is 0.476. The number of carbonyl (C=O) groups excluding carboxylic acids is 1. The zero-order valence-electron chi connectivity index (χ0n) is 20.7. The fourth-order valence-electron chi connectivity index (χ4n) is 4.60. The smallest absolute Gasteiger partial charge is 0.319 e. The summed E-state index contributed by atoms with van der Waals surface area (Å²) in [4.78, 5) is 21.1. The molecule has 11 heteroatoms. The van der Waals surface area contributed by atoms with Crippen LogP contribution >= 0.6 is 23.1 Å². The number of nitrogens with two attached hydrogens (primary N) is 1. The molecule has 0 saturated carbocycles. The Morgan fingerprint density at radius 2 is 1.97 bits per heavy atom. The highest BCUT2D eigenvalue weighted by molar-refractivity contribution is 8.15. The molecule has 0 spiro atoms. The van der Waals surface area contributed by atoms with Crippen molar-refractivity contribution in [2.75, 3.05) is 32.2 Å². The predicted octanol–water partition coefficient (Wildman–Crippen LogP) is 4.97. The number of thiazole rings is 1. The van der Waals surface area contributed by atoms with Crippen LogP contribution in [0.15, 0.2) is 53.6 Å². The van der Waals surface area contributed by atoms with E-state index in [9.17, 15) is 13.6 Å². The summed E-state index contributed by atoms with van der Waals surface area (Å²) in [5.74, 6) is -1.06. The number of halogens is 2. The maximum Gasteiger partial charge on any atom is 0.319 e. The van der Waals surface area contributed by atoms with Crippen molar-refractivity contribution in [2.24, 2.45) is 10.8 Å². The second-order valence-electron chi connectivity index (χ2n) is 9.20. The van der Waals surface area contributed by atoms with Gasteiger partial charge in [-0.05, 0) is 43.1 Å². The van der Waals surface area contributed by atoms with E-state index >= 15 is 0 Å². The van der Waals surface area contributed by atoms with Gasteiger partial charge < -0.3 is 15.5 Å². The molecule has 0 radical (unpaired) electrons. The second kappa shape index (κ2) is 10.4. The topological polar surface area (TPSA) is 78.1 Å². The summed E-state index contributed by atoms with van der Waals surface area (Å²) in [6.45, 7) is 1.53. The first-order valence-corrected chi connectivity index (χ1v) is 13.7. The summed E-state index contributed by atoms with van der Waals surface area (Å²) < 4.78 is 29.0. The molecule has 1 atom stereocenters. The van der Waals surface area contributed by atoms with Gasteiger partial charge in [0.05, 0.1) is 12.2 Å². The average molecular weight is 543 g/mol. The average Bonchev–Trinajstić information content (AvgIpc) is 3.50. The zero-order chi connectivity index (χ0) is 26.2. The van der Waals surface area contributed by atoms with Crippen molar-refractivity contribution >= 4 is 39.3 Å². The molecule has 2 amide bonds. The normalized spacial score (nSPS) is 19.1. The van der Waals surface area contributed by atoms with Crippen LogP contribution in [0.25, 0.3) is 0 Å². The lowest BCUT2D eigenvalue weighted by atomic mass is 10.0. The van der Waals surface area contributed by atoms with Crippen LogP contribution in [-0.2, 0) is 17.8 Å². The van der Waals surface area contributed by atoms with Crippen molar-refractivity contribution in [1.29, 1.82) is 0 Å². The maximum atomic E-state index is 14.9. The summed E-state index contributed by atoms with van der Waals surface area (Å²) >= 11 is 2.88. The number of amides is 2. The van der Waals surface area contributed by atoms with Crippen LogP contribution in [0.2, 0.25) is 0 Å². The molecular weight excluding hydrogens is 514 g/mol. The standard InChI is InChI=1S/C26H28F2N6OS2/c1-32(2)25(35)33-14-11-21-22(16-33)36-24(30-21)34-26(12-6-13-29,17-7-4-3-5-8-17)37-23(31-34)19-15-18(27)9-10-20(19)28/h3-5,7-10,15H,6,11-14,16,29H2,1-2H3. The molecule has 1 aromatic heterocycles. The SMILES string of the molecule is CN(C)C(=O)N1CCc2nc(N3N=C(c4cc(F)ccc4F)SC3(CCCN)c3ccccc3)sc2C1. The molecule has 3 aromatic rings. The van der Waals surface area contributed by atoms with Crippen LogP contribution in [0.5, 0.6) is 0 Å². The molecule has 2 aromatic carbocycles. The Bertz CT molecular complexity index is 1330. The minimum Gasteiger partial charge on any atom is -0.331 e. The molecule has 5 rings (SSSR count). The monoisotopic (exact) mass is 542 g/mol. The number of aromatic nitrogens is 1. The lowest BCUT2D eigenvalue weighted by molar-refractivity contribution is 0.166. The Labute approximate surface area is 223 Å². The van der Waals surface area contributed by atoms with E-state index in [1.54, 1.807) is 23.9 Å². The van der Waals surface area contributed by atoms with Gasteiger partial charge >= 0.3 is 6.03 Å². The fraction of sp³-hybridized carbons (Fsp3) is 0.346. The second-order valence-corrected chi connectivity index (χ2v) is 11.5. The molecule has 37 heavy (non-hydrogen) atoms. The van der Waals surface area contributed by atoms with Gasteiger partial charge in [-0.1, -0.05) is 53.4 Å². The molecule has 2 aliphatic heterocycles. The number of fused-ring (bicyclic) bond motifs is 1. The summed E-state index contributed by atoms with van der Waals surface area (Å²) in [5.41, 5.74) is 7.96. The molecule has 1 unspecified atom stereocenters. The third-order valence-corrected chi connectivity index (χ3v) is 8.96. The van der Waals surface area contributed by atoms with E-state index in [1.807, 2.05) is 35.3 Å². The maximum absolute atomic E-state index is 14.9. The highest BCUT2D eigenvalue weighted by Crippen LogP contribution is 2.53. The summed E-state index contributed by atoms with van der Waals surface area (Å²) in [6, 6.07) is 13.2. The van der Waals surface area contributed by atoms with Crippen molar-refractivity contribution in [3.63, 3.8) is 0 Å². The minimum atomic E-state index is -0.742. The van der Waals surface area contributed by atoms with E-state index in [4.69, 9.17) is 15.8 Å². The van der Waals surface area contributed by atoms with Gasteiger partial charge in [-0.2, -0.15) is 5.10 Å². The lowest BCUT2D eigenvalue weighted by Gasteiger charge is -2.35. The number of hydrogen-bond donors (Lipinski definition) is 1. The number of rotatable bonds is 6. The third kappa shape index (κ3) is 4.83. The molecule has 2 aliphatic rings. The van der Waals surface area contributed by atoms with Gasteiger partial charge in [-0.25, -0.2) is 23.6 Å². The summed E-state index contributed by atoms with van der Waals surface area (Å²) in [7, 11) is 3.48. The highest BCUT2D eigenvalue weighted by atomic mass is 32.2. The first kappa shape index (κ1) is 25.6. The number of nitrogens with zero attached hydrogens (tertiary/aromatic N) is 5. The summed E-state index contributed by atoms with van der Waals surface area (Å²) in [5, 5.41) is 7.76. The Morgan fingerprint density at radius 1 is 1.19 bits per heavy atom. The molecule has 0 bridgehead atoms. The van der Waals surface area contributed by atoms with Crippen LogP contribution in [0.3, 0.4) is 0 Å². The largest absolute Gasteiger partial charge is 0.331 e. The van der Waals surface area contributed by atoms with Gasteiger partial charge in [-0.15, -0.1) is 0 Å². The molecule has 194 valence electrons. The molecule has 0 fully saturated rings. The van der Waals surface area contributed by atoms with Crippen LogP contribution in [0, 0.1) is 11.6 Å². The molecule has 0 aliphatic carbocycles. The van der Waals surface area contributed by atoms with E-state index in [-0.39, 0.29) is 11.6 Å². The van der Waals surface area contributed by atoms with E-state index in [0.717, 1.165) is 28.3 Å². The zero-order valence-corrected chi connectivity index (χ0v) is 22.3. The van der Waals surface area contributed by atoms with Crippen molar-refractivity contribution < 1.29 is 13.6 Å². The van der Waals surface area contributed by atoms with E-state index in [2.05, 4.69) is 0 Å². The predicted molar refractivity (Wildman–Crippen MR) is 145 cm³/mol. The number of urea groups is 1. The first-order chi connectivity index (χ1) is 17.8. The number of benzene rings is 2. The van der Waals surface area contributed by atoms with Crippen molar-refractivity contribution in [3.05, 3.63) is 81.9 Å². The van der Waals surface area contributed by atoms with Crippen LogP contribution in [-0.4, -0.2) is 53.0 Å². The number of anilines is 1. The number of hydrazone groups is 1. The Kier molecular flexibility index (Phi) is 7.19. The van der Waals surface area contributed by atoms with Gasteiger partial charge in [-0.3, -0.25) is 0 Å². The number of carbonyl (C=O) groups is 1. The van der Waals surface area contributed by atoms with E-state index in [0.29, 0.717) is 49.1 Å². The van der Waals surface area contributed by atoms with Crippen molar-refractivity contribution in [1.82, 2.24) is 14.8 Å². The van der Waals surface area contributed by atoms with E-state index in [1.165, 1.54) is 29.2 Å². The van der Waals surface area contributed by atoms with Crippen LogP contribution in [0.1, 0.15) is 34.5 Å². The lowest BCUT2D eigenvalue weighted by Crippen LogP contribution is -2.41. The number of thioether (sulfide) groups is 1. The van der Waals surface area contributed by atoms with Crippen molar-refractivity contribution in [3.8, 4) is 0 Å². The van der Waals surface area contributed by atoms with Crippen LogP contribution in [0.4, 0.5) is 18.7 Å². The van der Waals surface area contributed by atoms with Gasteiger partial charge in [0.15, 0.2) is 0 Å². The molecule has 7 nitrogen and oxygen atoms in total. The van der Waals surface area contributed by atoms with Gasteiger partial charge in [0.1, 0.15) is 21.5 Å². The Hall–Kier alpha value is -3.02. The van der Waals surface area contributed by atoms with E-state index < -0.39 is 16.5 Å². The Morgan fingerprint density at radius 3 is 2.70 bits per heavy atom. The Balaban J connectivity index is 1.61. The minimum absolute atomic E-state index is 0.0409. The van der Waals surface area contributed by atoms with Gasteiger partial charge in [0, 0.05) is 37.5 Å². The van der Waals surface area contributed by atoms with Gasteiger partial charge in [0.25, 0.3) is 0 Å². The highest BCUT2D eigenvalue weighted by Gasteiger charge is 2.48. The molecular formula is C26H28F2N6OS2. The first-order valence-electron chi connectivity index (χ1n) is 12.1. The summed E-state index contributed by atoms with van der Waals surface area (Å²) in [6.07, 6.45) is 1.96. The molecule has 3 heterocycles. The van der Waals surface area contributed by atoms with Crippen LogP contribution < -0.4 is 10.7 Å². The molecule has 2 N–H and O–H groups in total. The third-order valence-electron chi connectivity index (χ3n) is 6.46. The van der Waals surface area contributed by atoms with Crippen molar-refractivity contribution in [2.45, 2.75) is 30.7 Å². The molecule has 0 saturated heterocycles. The van der Waals surface area contributed by atoms with Gasteiger partial charge in [0.2, 0.25) is 5.13 Å². The fourth-order valence-corrected chi connectivity index (χ4v) is 7.23. The number of hydrogen-bond acceptors (Lipinski definition) is 7.